The van der Waals surface area contributed by atoms with Gasteiger partial charge in [0.2, 0.25) is 5.91 Å². The molecule has 0 aliphatic heterocycles. The molecular formula is C23H32ClNO2. The van der Waals surface area contributed by atoms with Gasteiger partial charge in [0.1, 0.15) is 0 Å². The van der Waals surface area contributed by atoms with Crippen molar-refractivity contribution < 1.29 is 9.90 Å². The lowest BCUT2D eigenvalue weighted by Gasteiger charge is -2.63. The molecule has 0 heterocycles. The third kappa shape index (κ3) is 3.78. The van der Waals surface area contributed by atoms with Crippen molar-refractivity contribution in [1.29, 1.82) is 0 Å². The molecule has 0 radical (unpaired) electrons. The number of carbonyl (C=O) groups is 1. The molecule has 2 N–H and O–H groups in total. The van der Waals surface area contributed by atoms with E-state index in [1.807, 2.05) is 18.2 Å². The Bertz CT molecular complexity index is 680. The molecule has 4 saturated carbocycles. The van der Waals surface area contributed by atoms with Gasteiger partial charge in [-0.3, -0.25) is 4.79 Å². The summed E-state index contributed by atoms with van der Waals surface area (Å²) >= 11 is 6.88. The van der Waals surface area contributed by atoms with Gasteiger partial charge in [-0.2, -0.15) is 0 Å². The third-order valence-electron chi connectivity index (χ3n) is 7.15. The molecule has 0 spiro atoms. The number of carbonyl (C=O) groups excluding carboxylic acids is 1. The Labute approximate surface area is 167 Å². The van der Waals surface area contributed by atoms with E-state index >= 15 is 0 Å². The van der Waals surface area contributed by atoms with E-state index in [0.717, 1.165) is 50.5 Å². The smallest absolute Gasteiger partial charge is 0.220 e. The third-order valence-corrected chi connectivity index (χ3v) is 7.60. The maximum Gasteiger partial charge on any atom is 0.220 e. The second-order valence-electron chi connectivity index (χ2n) is 9.34. The van der Waals surface area contributed by atoms with Crippen molar-refractivity contribution in [2.24, 2.45) is 17.8 Å². The summed E-state index contributed by atoms with van der Waals surface area (Å²) in [6.45, 7) is 2.15. The van der Waals surface area contributed by atoms with Crippen LogP contribution in [0.1, 0.15) is 76.3 Å². The fourth-order valence-electron chi connectivity index (χ4n) is 6.46. The number of hydrogen-bond acceptors (Lipinski definition) is 2. The molecule has 6 atom stereocenters. The number of nitrogens with one attached hydrogen (secondary N) is 1. The molecule has 4 aliphatic rings. The van der Waals surface area contributed by atoms with E-state index in [-0.39, 0.29) is 22.7 Å². The molecule has 4 aliphatic carbocycles. The van der Waals surface area contributed by atoms with Gasteiger partial charge in [0.15, 0.2) is 0 Å². The normalized spacial score (nSPS) is 38.0. The minimum Gasteiger partial charge on any atom is -0.389 e. The summed E-state index contributed by atoms with van der Waals surface area (Å²) in [6, 6.07) is 10.1. The first-order chi connectivity index (χ1) is 12.9. The first-order valence-electron chi connectivity index (χ1n) is 10.7. The Hall–Kier alpha value is -1.06. The number of amides is 1. The van der Waals surface area contributed by atoms with Crippen LogP contribution in [-0.2, 0) is 4.79 Å². The zero-order chi connectivity index (χ0) is 19.1. The molecule has 3 nitrogen and oxygen atoms in total. The number of aliphatic hydroxyl groups is 1. The summed E-state index contributed by atoms with van der Waals surface area (Å²) in [5.41, 5.74) is 0.346. The van der Waals surface area contributed by atoms with Crippen molar-refractivity contribution in [2.75, 3.05) is 0 Å². The minimum atomic E-state index is -0.761. The summed E-state index contributed by atoms with van der Waals surface area (Å²) in [5, 5.41) is 15.0. The van der Waals surface area contributed by atoms with Crippen molar-refractivity contribution in [3.63, 3.8) is 0 Å². The maximum atomic E-state index is 12.7. The van der Waals surface area contributed by atoms with Gasteiger partial charge >= 0.3 is 0 Å². The zero-order valence-corrected chi connectivity index (χ0v) is 17.0. The Kier molecular flexibility index (Phi) is 5.28. The van der Waals surface area contributed by atoms with E-state index < -0.39 is 5.60 Å². The van der Waals surface area contributed by atoms with Gasteiger partial charge in [-0.1, -0.05) is 50.1 Å². The first-order valence-corrected chi connectivity index (χ1v) is 11.1. The summed E-state index contributed by atoms with van der Waals surface area (Å²) in [7, 11) is 0. The lowest BCUT2D eigenvalue weighted by Crippen LogP contribution is -2.64. The van der Waals surface area contributed by atoms with Crippen LogP contribution in [0.15, 0.2) is 30.3 Å². The number of rotatable bonds is 7. The average Bonchev–Trinajstić information content (AvgIpc) is 2.59. The van der Waals surface area contributed by atoms with Gasteiger partial charge in [0, 0.05) is 17.2 Å². The highest BCUT2D eigenvalue weighted by molar-refractivity contribution is 6.24. The molecule has 0 aromatic heterocycles. The zero-order valence-electron chi connectivity index (χ0n) is 16.3. The molecule has 5 rings (SSSR count). The van der Waals surface area contributed by atoms with Crippen LogP contribution < -0.4 is 5.32 Å². The monoisotopic (exact) mass is 389 g/mol. The SMILES string of the molecule is CCCCCC(=O)N[C@@H](c1ccccc1)[C@H]1C2C[C@H]3C[C@](Cl)(C2)C[C@@]1(O)C3. The molecule has 1 aromatic carbocycles. The molecule has 1 unspecified atom stereocenters. The molecular weight excluding hydrogens is 358 g/mol. The van der Waals surface area contributed by atoms with Crippen molar-refractivity contribution in [3.8, 4) is 0 Å². The highest BCUT2D eigenvalue weighted by Gasteiger charge is 2.63. The molecule has 1 amide bonds. The van der Waals surface area contributed by atoms with Gasteiger partial charge in [-0.15, -0.1) is 11.6 Å². The molecule has 0 saturated heterocycles. The van der Waals surface area contributed by atoms with Crippen LogP contribution in [0.25, 0.3) is 0 Å². The van der Waals surface area contributed by atoms with Gasteiger partial charge in [0.05, 0.1) is 11.6 Å². The predicted molar refractivity (Wildman–Crippen MR) is 109 cm³/mol. The Morgan fingerprint density at radius 3 is 2.70 bits per heavy atom. The number of benzene rings is 1. The van der Waals surface area contributed by atoms with Crippen LogP contribution in [0.4, 0.5) is 0 Å². The Balaban J connectivity index is 1.60. The van der Waals surface area contributed by atoms with Crippen LogP contribution in [0.3, 0.4) is 0 Å². The first kappa shape index (κ1) is 19.3. The van der Waals surface area contributed by atoms with Crippen LogP contribution in [-0.4, -0.2) is 21.5 Å². The number of unbranched alkanes of at least 4 members (excludes halogenated alkanes) is 2. The van der Waals surface area contributed by atoms with E-state index in [0.29, 0.717) is 24.7 Å². The fourth-order valence-corrected chi connectivity index (χ4v) is 7.10. The van der Waals surface area contributed by atoms with Gasteiger partial charge in [0.25, 0.3) is 0 Å². The van der Waals surface area contributed by atoms with Gasteiger partial charge in [-0.05, 0) is 55.9 Å². The van der Waals surface area contributed by atoms with Crippen LogP contribution in [0, 0.1) is 17.8 Å². The van der Waals surface area contributed by atoms with E-state index in [9.17, 15) is 9.90 Å². The van der Waals surface area contributed by atoms with Gasteiger partial charge < -0.3 is 10.4 Å². The van der Waals surface area contributed by atoms with Crippen LogP contribution in [0.5, 0.6) is 0 Å². The lowest BCUT2D eigenvalue weighted by molar-refractivity contribution is -0.175. The topological polar surface area (TPSA) is 49.3 Å². The predicted octanol–water partition coefficient (Wildman–Crippen LogP) is 4.97. The molecule has 148 valence electrons. The lowest BCUT2D eigenvalue weighted by atomic mass is 9.47. The van der Waals surface area contributed by atoms with Crippen LogP contribution >= 0.6 is 11.6 Å². The molecule has 27 heavy (non-hydrogen) atoms. The minimum absolute atomic E-state index is 0.0541. The largest absolute Gasteiger partial charge is 0.389 e. The highest BCUT2D eigenvalue weighted by Crippen LogP contribution is 2.64. The highest BCUT2D eigenvalue weighted by atomic mass is 35.5. The van der Waals surface area contributed by atoms with E-state index in [2.05, 4.69) is 24.4 Å². The Morgan fingerprint density at radius 2 is 2.04 bits per heavy atom. The van der Waals surface area contributed by atoms with Crippen LogP contribution in [0.2, 0.25) is 0 Å². The second-order valence-corrected chi connectivity index (χ2v) is 10.1. The van der Waals surface area contributed by atoms with Gasteiger partial charge in [-0.25, -0.2) is 0 Å². The fraction of sp³-hybridized carbons (Fsp3) is 0.696. The van der Waals surface area contributed by atoms with Crippen molar-refractivity contribution in [2.45, 2.75) is 81.2 Å². The number of halogens is 1. The average molecular weight is 390 g/mol. The van der Waals surface area contributed by atoms with Crippen molar-refractivity contribution >= 4 is 17.5 Å². The van der Waals surface area contributed by atoms with E-state index in [4.69, 9.17) is 11.6 Å². The molecule has 4 bridgehead atoms. The number of hydrogen-bond donors (Lipinski definition) is 2. The maximum absolute atomic E-state index is 12.7. The Morgan fingerprint density at radius 1 is 1.26 bits per heavy atom. The van der Waals surface area contributed by atoms with Crippen molar-refractivity contribution in [3.05, 3.63) is 35.9 Å². The van der Waals surface area contributed by atoms with E-state index in [1.165, 1.54) is 0 Å². The quantitative estimate of drug-likeness (QED) is 0.510. The summed E-state index contributed by atoms with van der Waals surface area (Å²) < 4.78 is 0. The molecule has 4 heteroatoms. The molecule has 4 fully saturated rings. The second kappa shape index (κ2) is 7.40. The van der Waals surface area contributed by atoms with E-state index in [1.54, 1.807) is 0 Å². The number of alkyl halides is 1. The molecule has 1 aromatic rings. The standard InChI is InChI=1S/C23H32ClNO2/c1-2-3-5-10-19(26)25-21(17-8-6-4-7-9-17)20-18-11-16-12-22(24,14-18)15-23(20,27)13-16/h4,6-9,16,18,20-21,27H,2-3,5,10-15H2,1H3,(H,25,26)/t16-,18?,20+,21-,22-,23-/m0/s1. The summed E-state index contributed by atoms with van der Waals surface area (Å²) in [6.07, 6.45) is 8.31. The van der Waals surface area contributed by atoms with Crippen molar-refractivity contribution in [1.82, 2.24) is 5.32 Å². The summed E-state index contributed by atoms with van der Waals surface area (Å²) in [5.74, 6) is 1.08. The summed E-state index contributed by atoms with van der Waals surface area (Å²) in [4.78, 5) is 12.5.